The molecule has 0 N–H and O–H groups in total. The summed E-state index contributed by atoms with van der Waals surface area (Å²) in [7, 11) is 0. The van der Waals surface area contributed by atoms with Crippen molar-refractivity contribution >= 4 is 65.4 Å². The van der Waals surface area contributed by atoms with Crippen molar-refractivity contribution in [1.82, 2.24) is 39.9 Å². The summed E-state index contributed by atoms with van der Waals surface area (Å²) in [5.41, 5.74) is 14.1. The van der Waals surface area contributed by atoms with E-state index in [-0.39, 0.29) is 0 Å². The number of fused-ring (bicyclic) bond motifs is 9. The fourth-order valence-corrected chi connectivity index (χ4v) is 8.22. The van der Waals surface area contributed by atoms with Crippen LogP contribution in [0, 0.1) is 0 Å². The maximum atomic E-state index is 4.59. The Labute approximate surface area is 436 Å². The number of nitrogens with zero attached hydrogens (tertiary/aromatic N) is 8. The maximum Gasteiger partial charge on any atom is 0.116 e. The first kappa shape index (κ1) is 64.0. The molecule has 0 aliphatic carbocycles. The van der Waals surface area contributed by atoms with E-state index >= 15 is 0 Å². The first-order valence-corrected chi connectivity index (χ1v) is 27.7. The summed E-state index contributed by atoms with van der Waals surface area (Å²) in [5, 5.41) is 7.43. The fraction of sp³-hybridized carbons (Fsp3) is 0.469. The number of aryl methyl sites for hydroxylation is 6. The molecule has 4 aromatic carbocycles. The van der Waals surface area contributed by atoms with Crippen LogP contribution in [0.5, 0.6) is 0 Å². The van der Waals surface area contributed by atoms with E-state index in [0.717, 1.165) is 82.4 Å². The van der Waals surface area contributed by atoms with Gasteiger partial charge < -0.3 is 0 Å². The van der Waals surface area contributed by atoms with Crippen molar-refractivity contribution in [1.29, 1.82) is 0 Å². The molecule has 9 rings (SSSR count). The molecule has 5 heterocycles. The van der Waals surface area contributed by atoms with Gasteiger partial charge >= 0.3 is 0 Å². The van der Waals surface area contributed by atoms with Crippen molar-refractivity contribution < 1.29 is 0 Å². The van der Waals surface area contributed by atoms with Crippen LogP contribution in [-0.4, -0.2) is 39.9 Å². The molecule has 0 saturated heterocycles. The number of rotatable bonds is 6. The van der Waals surface area contributed by atoms with E-state index < -0.39 is 0 Å². The van der Waals surface area contributed by atoms with Crippen molar-refractivity contribution in [3.05, 3.63) is 132 Å². The SMILES string of the molecule is CCC.CCC.CCC.CCC.CCC.CCC.CCc1c(CC)c2cccnc2c2ccccc12.CCc1c(CC)c2cncnc2c2ncccc12.CCc1c(CC)c2nccnc2c2ncncc12. The highest BCUT2D eigenvalue weighted by Gasteiger charge is 2.16. The Kier molecular flexibility index (Phi) is 33.5. The third-order valence-electron chi connectivity index (χ3n) is 10.5. The molecule has 0 bridgehead atoms. The molecule has 0 aliphatic heterocycles. The average molecular weight is 976 g/mol. The Morgan fingerprint density at radius 3 is 0.972 bits per heavy atom. The zero-order valence-corrected chi connectivity index (χ0v) is 48.3. The van der Waals surface area contributed by atoms with Gasteiger partial charge in [-0.3, -0.25) is 19.9 Å². The lowest BCUT2D eigenvalue weighted by atomic mass is 9.91. The second-order valence-electron chi connectivity index (χ2n) is 17.4. The van der Waals surface area contributed by atoms with Crippen LogP contribution in [0.15, 0.2) is 98.4 Å². The van der Waals surface area contributed by atoms with Crippen LogP contribution in [0.3, 0.4) is 0 Å². The lowest BCUT2D eigenvalue weighted by Gasteiger charge is -2.14. The molecule has 72 heavy (non-hydrogen) atoms. The van der Waals surface area contributed by atoms with Gasteiger partial charge in [0.25, 0.3) is 0 Å². The van der Waals surface area contributed by atoms with Gasteiger partial charge in [0.2, 0.25) is 0 Å². The molecule has 0 radical (unpaired) electrons. The summed E-state index contributed by atoms with van der Waals surface area (Å²) in [6, 6.07) is 17.0. The molecule has 0 fully saturated rings. The van der Waals surface area contributed by atoms with Crippen molar-refractivity contribution in [3.8, 4) is 0 Å². The standard InChI is InChI=1S/C17H17N.C15H15N3.C14H14N4.6C3H8/c1-3-12-13(4-2)15-10-7-11-18-17(15)16-9-6-5-8-14(12)16;1-3-10-11(4-2)13-8-16-9-18-15(13)14-12(10)6-5-7-17-14;1-3-9-10(4-2)12-14(17-6-5-16-12)13-11(9)7-15-8-18-13;6*1-3-2/h5-11H,3-4H2,1-2H3;5-9H,3-4H2,1-2H3;5-8H,3-4H2,1-2H3;6*3H2,1-2H3. The predicted octanol–water partition coefficient (Wildman–Crippen LogP) is 19.0. The van der Waals surface area contributed by atoms with Gasteiger partial charge in [-0.15, -0.1) is 0 Å². The average Bonchev–Trinajstić information content (AvgIpc) is 3.41. The van der Waals surface area contributed by atoms with Crippen molar-refractivity contribution in [3.63, 3.8) is 0 Å². The Hall–Kier alpha value is -6.02. The van der Waals surface area contributed by atoms with Crippen molar-refractivity contribution in [2.45, 2.75) is 202 Å². The molecule has 390 valence electrons. The monoisotopic (exact) mass is 975 g/mol. The van der Waals surface area contributed by atoms with Crippen LogP contribution in [0.1, 0.15) is 197 Å². The maximum absolute atomic E-state index is 4.59. The molecular weight excluding hydrogens is 881 g/mol. The lowest BCUT2D eigenvalue weighted by molar-refractivity contribution is 1.05. The van der Waals surface area contributed by atoms with Crippen LogP contribution < -0.4 is 0 Å². The minimum atomic E-state index is 0.879. The van der Waals surface area contributed by atoms with E-state index in [2.05, 4.69) is 201 Å². The highest BCUT2D eigenvalue weighted by molar-refractivity contribution is 6.09. The molecule has 0 spiro atoms. The number of pyridine rings is 2. The second kappa shape index (κ2) is 37.7. The lowest BCUT2D eigenvalue weighted by Crippen LogP contribution is -2.00. The molecule has 0 saturated carbocycles. The van der Waals surface area contributed by atoms with Gasteiger partial charge in [0.1, 0.15) is 29.2 Å². The smallest absolute Gasteiger partial charge is 0.116 e. The van der Waals surface area contributed by atoms with Crippen molar-refractivity contribution in [2.75, 3.05) is 0 Å². The second-order valence-corrected chi connectivity index (χ2v) is 17.4. The van der Waals surface area contributed by atoms with E-state index in [1.165, 1.54) is 93.5 Å². The number of hydrogen-bond donors (Lipinski definition) is 0. The first-order chi connectivity index (χ1) is 35.1. The molecule has 0 atom stereocenters. The molecule has 0 unspecified atom stereocenters. The van der Waals surface area contributed by atoms with E-state index in [0.29, 0.717) is 0 Å². The van der Waals surface area contributed by atoms with E-state index in [1.807, 2.05) is 36.9 Å². The van der Waals surface area contributed by atoms with Gasteiger partial charge in [0.05, 0.1) is 16.6 Å². The molecule has 8 heteroatoms. The highest BCUT2D eigenvalue weighted by Crippen LogP contribution is 2.33. The van der Waals surface area contributed by atoms with Crippen LogP contribution in [0.2, 0.25) is 0 Å². The molecule has 0 amide bonds. The van der Waals surface area contributed by atoms with Crippen LogP contribution in [-0.2, 0) is 38.5 Å². The van der Waals surface area contributed by atoms with Crippen LogP contribution >= 0.6 is 0 Å². The zero-order valence-electron chi connectivity index (χ0n) is 48.3. The van der Waals surface area contributed by atoms with Gasteiger partial charge in [0, 0.05) is 64.1 Å². The largest absolute Gasteiger partial charge is 0.256 e. The van der Waals surface area contributed by atoms with Gasteiger partial charge in [0.15, 0.2) is 0 Å². The zero-order chi connectivity index (χ0) is 53.8. The first-order valence-electron chi connectivity index (χ1n) is 27.7. The van der Waals surface area contributed by atoms with Crippen molar-refractivity contribution in [2.24, 2.45) is 0 Å². The number of hydrogen-bond acceptors (Lipinski definition) is 8. The highest BCUT2D eigenvalue weighted by atomic mass is 14.9. The van der Waals surface area contributed by atoms with Crippen LogP contribution in [0.4, 0.5) is 0 Å². The fourth-order valence-electron chi connectivity index (χ4n) is 8.22. The van der Waals surface area contributed by atoms with Gasteiger partial charge in [-0.1, -0.05) is 200 Å². The summed E-state index contributed by atoms with van der Waals surface area (Å²) >= 11 is 0. The van der Waals surface area contributed by atoms with Gasteiger partial charge in [-0.05, 0) is 89.4 Å². The minimum Gasteiger partial charge on any atom is -0.256 e. The Morgan fingerprint density at radius 2 is 0.542 bits per heavy atom. The Bertz CT molecular complexity index is 2370. The topological polar surface area (TPSA) is 103 Å². The predicted molar refractivity (Wildman–Crippen MR) is 319 cm³/mol. The van der Waals surface area contributed by atoms with Gasteiger partial charge in [-0.25, -0.2) is 19.9 Å². The summed E-state index contributed by atoms with van der Waals surface area (Å²) < 4.78 is 0. The molecule has 0 aliphatic rings. The summed E-state index contributed by atoms with van der Waals surface area (Å²) in [4.78, 5) is 35.1. The summed E-state index contributed by atoms with van der Waals surface area (Å²) in [6.07, 6.45) is 27.7. The number of benzene rings is 4. The Morgan fingerprint density at radius 1 is 0.250 bits per heavy atom. The molecule has 5 aromatic heterocycles. The number of aromatic nitrogens is 8. The third-order valence-corrected chi connectivity index (χ3v) is 10.5. The van der Waals surface area contributed by atoms with E-state index in [1.54, 1.807) is 25.0 Å². The normalized spacial score (nSPS) is 9.92. The van der Waals surface area contributed by atoms with Gasteiger partial charge in [-0.2, -0.15) is 0 Å². The third kappa shape index (κ3) is 17.6. The summed E-state index contributed by atoms with van der Waals surface area (Å²) in [5.74, 6) is 0. The Balaban J connectivity index is 0.000000463. The van der Waals surface area contributed by atoms with Crippen LogP contribution in [0.25, 0.3) is 65.4 Å². The van der Waals surface area contributed by atoms with E-state index in [9.17, 15) is 0 Å². The molecule has 8 nitrogen and oxygen atoms in total. The molecular formula is C64H94N8. The summed E-state index contributed by atoms with van der Waals surface area (Å²) in [6.45, 7) is 38.7. The quantitative estimate of drug-likeness (QED) is 0.152. The molecule has 9 aromatic rings. The van der Waals surface area contributed by atoms with E-state index in [4.69, 9.17) is 0 Å². The minimum absolute atomic E-state index is 0.879.